The summed E-state index contributed by atoms with van der Waals surface area (Å²) in [6.07, 6.45) is 4.71. The third-order valence-corrected chi connectivity index (χ3v) is 6.45. The van der Waals surface area contributed by atoms with Crippen LogP contribution in [-0.2, 0) is 6.54 Å². The topological polar surface area (TPSA) is 98.9 Å². The number of nitrogens with zero attached hydrogens (tertiary/aromatic N) is 4. The van der Waals surface area contributed by atoms with E-state index in [0.29, 0.717) is 28.8 Å². The first-order valence-electron chi connectivity index (χ1n) is 10.8. The van der Waals surface area contributed by atoms with E-state index >= 15 is 0 Å². The number of benzene rings is 2. The molecule has 174 valence electrons. The summed E-state index contributed by atoms with van der Waals surface area (Å²) in [5, 5.41) is 32.0. The third kappa shape index (κ3) is 5.66. The smallest absolute Gasteiger partial charge is 0.252 e. The molecule has 4 rings (SSSR count). The first-order valence-corrected chi connectivity index (χ1v) is 11.2. The molecule has 0 radical (unpaired) electrons. The van der Waals surface area contributed by atoms with Crippen LogP contribution in [0.25, 0.3) is 10.8 Å². The number of hydrogen-bond acceptors (Lipinski definition) is 6. The Hall–Kier alpha value is -2.63. The van der Waals surface area contributed by atoms with Crippen molar-refractivity contribution in [3.05, 3.63) is 52.7 Å². The molecule has 0 aliphatic carbocycles. The molecule has 3 N–H and O–H groups in total. The highest BCUT2D eigenvalue weighted by Crippen LogP contribution is 2.33. The van der Waals surface area contributed by atoms with Crippen LogP contribution in [0.3, 0.4) is 0 Å². The molecule has 2 heterocycles. The predicted octanol–water partition coefficient (Wildman–Crippen LogP) is 0.161. The molecule has 1 fully saturated rings. The van der Waals surface area contributed by atoms with E-state index in [-0.39, 0.29) is 19.0 Å². The summed E-state index contributed by atoms with van der Waals surface area (Å²) in [5.74, 6) is 1.95. The first kappa shape index (κ1) is 25.0. The van der Waals surface area contributed by atoms with Crippen LogP contribution >= 0.6 is 11.6 Å². The van der Waals surface area contributed by atoms with Crippen LogP contribution in [0.2, 0.25) is 5.02 Å². The molecule has 1 aromatic heterocycles. The molecule has 7 nitrogen and oxygen atoms in total. The van der Waals surface area contributed by atoms with Crippen LogP contribution in [0, 0.1) is 17.2 Å². The minimum Gasteiger partial charge on any atom is -1.00 e. The molecule has 0 saturated carbocycles. The van der Waals surface area contributed by atoms with E-state index in [9.17, 15) is 10.4 Å². The van der Waals surface area contributed by atoms with Gasteiger partial charge in [-0.25, -0.2) is 0 Å². The number of aromatic nitrogens is 2. The zero-order valence-electron chi connectivity index (χ0n) is 18.5. The zero-order chi connectivity index (χ0) is 22.5. The van der Waals surface area contributed by atoms with Gasteiger partial charge in [-0.3, -0.25) is 5.32 Å². The lowest BCUT2D eigenvalue weighted by atomic mass is 9.93. The molecule has 0 amide bonds. The van der Waals surface area contributed by atoms with Crippen LogP contribution in [0.4, 0.5) is 11.5 Å². The van der Waals surface area contributed by atoms with E-state index in [1.807, 2.05) is 35.6 Å². The van der Waals surface area contributed by atoms with Gasteiger partial charge in [0, 0.05) is 36.3 Å². The molecule has 1 aliphatic heterocycles. The van der Waals surface area contributed by atoms with Crippen molar-refractivity contribution in [2.45, 2.75) is 25.8 Å². The second-order valence-electron chi connectivity index (χ2n) is 8.12. The summed E-state index contributed by atoms with van der Waals surface area (Å²) in [4.78, 5) is 2.33. The standard InChI is InChI=1S/C24H26ClN5O2.ClH/c1-32-23-3-2-17(11-21(23)25)14-27-24-19-10-18(13-26)12-22(20(19)15-28-29-24)30-7-4-16(5-8-30)6-9-31;/h2-3,10-12,15-16,31H,4-9,14H2,1H3,(H,27,29);1H. The summed E-state index contributed by atoms with van der Waals surface area (Å²) in [6.45, 7) is 2.68. The molecule has 2 aromatic carbocycles. The molecular formula is C24H27Cl2N5O2. The van der Waals surface area contributed by atoms with Crippen molar-refractivity contribution in [1.29, 1.82) is 5.26 Å². The largest absolute Gasteiger partial charge is 1.00 e. The average Bonchev–Trinajstić information content (AvgIpc) is 2.83. The number of methoxy groups -OCH3 is 1. The summed E-state index contributed by atoms with van der Waals surface area (Å²) in [6, 6.07) is 11.8. The maximum Gasteiger partial charge on any atom is 0.252 e. The molecule has 1 aliphatic rings. The van der Waals surface area contributed by atoms with Gasteiger partial charge in [0.1, 0.15) is 12.3 Å². The second kappa shape index (κ2) is 11.5. The minimum atomic E-state index is 0. The quantitative estimate of drug-likeness (QED) is 0.492. The fraction of sp³-hybridized carbons (Fsp3) is 0.375. The van der Waals surface area contributed by atoms with Crippen molar-refractivity contribution < 1.29 is 27.6 Å². The zero-order valence-corrected chi connectivity index (χ0v) is 20.0. The Morgan fingerprint density at radius 3 is 2.70 bits per heavy atom. The number of fused-ring (bicyclic) bond motifs is 1. The van der Waals surface area contributed by atoms with Crippen molar-refractivity contribution in [3.63, 3.8) is 0 Å². The summed E-state index contributed by atoms with van der Waals surface area (Å²) >= 11 is 6.26. The number of nitrogens with two attached hydrogens (primary N) is 1. The maximum absolute atomic E-state index is 9.64. The van der Waals surface area contributed by atoms with E-state index in [1.54, 1.807) is 13.3 Å². The summed E-state index contributed by atoms with van der Waals surface area (Å²) in [5.41, 5.74) is 2.68. The number of nitriles is 1. The normalized spacial score (nSPS) is 14.1. The maximum atomic E-state index is 9.64. The lowest BCUT2D eigenvalue weighted by Gasteiger charge is -2.34. The Kier molecular flexibility index (Phi) is 8.70. The van der Waals surface area contributed by atoms with Crippen molar-refractivity contribution in [2.24, 2.45) is 5.92 Å². The highest BCUT2D eigenvalue weighted by molar-refractivity contribution is 6.32. The van der Waals surface area contributed by atoms with Crippen molar-refractivity contribution >= 4 is 33.9 Å². The lowest BCUT2D eigenvalue weighted by molar-refractivity contribution is -0.591. The Balaban J connectivity index is 0.00000306. The fourth-order valence-electron chi connectivity index (χ4n) is 4.36. The van der Waals surface area contributed by atoms with Gasteiger partial charge < -0.3 is 27.2 Å². The molecule has 0 atom stereocenters. The summed E-state index contributed by atoms with van der Waals surface area (Å²) < 4.78 is 5.22. The summed E-state index contributed by atoms with van der Waals surface area (Å²) in [7, 11) is 1.60. The number of aliphatic hydroxyl groups excluding tert-OH is 1. The van der Waals surface area contributed by atoms with E-state index in [2.05, 4.69) is 21.2 Å². The number of aliphatic hydroxyl groups is 1. The van der Waals surface area contributed by atoms with Gasteiger partial charge in [-0.1, -0.05) is 16.7 Å². The molecule has 3 aromatic rings. The van der Waals surface area contributed by atoms with Crippen LogP contribution in [-0.4, -0.2) is 42.1 Å². The van der Waals surface area contributed by atoms with Gasteiger partial charge in [-0.05, 0) is 55.5 Å². The molecular weight excluding hydrogens is 461 g/mol. The molecule has 0 unspecified atom stereocenters. The molecule has 0 spiro atoms. The molecule has 9 heteroatoms. The van der Waals surface area contributed by atoms with Crippen LogP contribution < -0.4 is 27.4 Å². The molecule has 33 heavy (non-hydrogen) atoms. The van der Waals surface area contributed by atoms with Gasteiger partial charge in [-0.15, -0.1) is 0 Å². The Labute approximate surface area is 204 Å². The van der Waals surface area contributed by atoms with E-state index in [0.717, 1.165) is 60.2 Å². The molecule has 1 saturated heterocycles. The van der Waals surface area contributed by atoms with Gasteiger partial charge >= 0.3 is 0 Å². The van der Waals surface area contributed by atoms with Crippen LogP contribution in [0.1, 0.15) is 30.4 Å². The van der Waals surface area contributed by atoms with E-state index in [4.69, 9.17) is 16.3 Å². The number of piperidine rings is 1. The average molecular weight is 488 g/mol. The lowest BCUT2D eigenvalue weighted by Crippen LogP contribution is -3.00. The van der Waals surface area contributed by atoms with E-state index < -0.39 is 0 Å². The van der Waals surface area contributed by atoms with E-state index in [1.165, 1.54) is 0 Å². The van der Waals surface area contributed by atoms with Gasteiger partial charge in [0.25, 0.3) is 5.82 Å². The third-order valence-electron chi connectivity index (χ3n) is 6.16. The molecule has 0 bridgehead atoms. The number of ether oxygens (including phenoxy) is 1. The minimum absolute atomic E-state index is 0. The Bertz CT molecular complexity index is 1140. The highest BCUT2D eigenvalue weighted by atomic mass is 35.5. The predicted molar refractivity (Wildman–Crippen MR) is 124 cm³/mol. The Morgan fingerprint density at radius 2 is 2.03 bits per heavy atom. The van der Waals surface area contributed by atoms with Crippen LogP contribution in [0.5, 0.6) is 5.75 Å². The van der Waals surface area contributed by atoms with Crippen molar-refractivity contribution in [3.8, 4) is 11.8 Å². The highest BCUT2D eigenvalue weighted by Gasteiger charge is 2.22. The number of rotatable bonds is 7. The van der Waals surface area contributed by atoms with Crippen molar-refractivity contribution in [2.75, 3.05) is 31.7 Å². The SMILES string of the molecule is COc1ccc(C[NH2+]c2nncc3c(N4CCC(CCO)CC4)cc(C#N)cc23)cc1Cl.[Cl-]. The van der Waals surface area contributed by atoms with Gasteiger partial charge in [0.2, 0.25) is 0 Å². The number of hydrogen-bond donors (Lipinski definition) is 2. The fourth-order valence-corrected chi connectivity index (χ4v) is 4.64. The van der Waals surface area contributed by atoms with Gasteiger partial charge in [-0.2, -0.15) is 10.4 Å². The number of halogens is 2. The van der Waals surface area contributed by atoms with Gasteiger partial charge in [0.15, 0.2) is 0 Å². The number of quaternary nitrogens is 1. The first-order chi connectivity index (χ1) is 15.6. The number of anilines is 1. The van der Waals surface area contributed by atoms with Gasteiger partial charge in [0.05, 0.1) is 35.3 Å². The van der Waals surface area contributed by atoms with Crippen molar-refractivity contribution in [1.82, 2.24) is 10.2 Å². The van der Waals surface area contributed by atoms with Crippen LogP contribution in [0.15, 0.2) is 36.5 Å². The Morgan fingerprint density at radius 1 is 1.24 bits per heavy atom. The second-order valence-corrected chi connectivity index (χ2v) is 8.53. The monoisotopic (exact) mass is 487 g/mol.